The van der Waals surface area contributed by atoms with Crippen molar-refractivity contribution in [1.29, 1.82) is 0 Å². The van der Waals surface area contributed by atoms with Crippen LogP contribution in [-0.4, -0.2) is 37.1 Å². The highest BCUT2D eigenvalue weighted by molar-refractivity contribution is 5.97. The molecule has 4 heterocycles. The number of pyridine rings is 2. The van der Waals surface area contributed by atoms with Gasteiger partial charge in [-0.2, -0.15) is 5.10 Å². The molecule has 4 rings (SSSR count). The Labute approximate surface area is 140 Å². The topological polar surface area (TPSA) is 63.9 Å². The van der Waals surface area contributed by atoms with Crippen LogP contribution in [0, 0.1) is 0 Å². The van der Waals surface area contributed by atoms with Crippen LogP contribution in [0.3, 0.4) is 0 Å². The first kappa shape index (κ1) is 14.8. The summed E-state index contributed by atoms with van der Waals surface area (Å²) in [6, 6.07) is 7.79. The van der Waals surface area contributed by atoms with Crippen molar-refractivity contribution in [3.63, 3.8) is 0 Å². The SMILES string of the molecule is Cn1ncc2ncc(C(=O)N3CCCCC3c3ccccn3)cc21. The third kappa shape index (κ3) is 2.54. The fourth-order valence-corrected chi connectivity index (χ4v) is 3.36. The van der Waals surface area contributed by atoms with Crippen molar-refractivity contribution in [2.75, 3.05) is 6.54 Å². The quantitative estimate of drug-likeness (QED) is 0.728. The summed E-state index contributed by atoms with van der Waals surface area (Å²) in [4.78, 5) is 23.9. The van der Waals surface area contributed by atoms with Crippen LogP contribution in [0.5, 0.6) is 0 Å². The maximum absolute atomic E-state index is 13.1. The van der Waals surface area contributed by atoms with Crippen LogP contribution >= 0.6 is 0 Å². The van der Waals surface area contributed by atoms with Gasteiger partial charge in [0.15, 0.2) is 0 Å². The summed E-state index contributed by atoms with van der Waals surface area (Å²) in [6.45, 7) is 0.753. The van der Waals surface area contributed by atoms with Crippen LogP contribution in [0.25, 0.3) is 11.0 Å². The van der Waals surface area contributed by atoms with E-state index in [9.17, 15) is 4.79 Å². The van der Waals surface area contributed by atoms with Gasteiger partial charge in [0, 0.05) is 26.0 Å². The first-order valence-corrected chi connectivity index (χ1v) is 8.24. The molecule has 0 saturated carbocycles. The number of carbonyl (C=O) groups excluding carboxylic acids is 1. The van der Waals surface area contributed by atoms with Gasteiger partial charge in [0.2, 0.25) is 0 Å². The van der Waals surface area contributed by atoms with Crippen molar-refractivity contribution in [2.45, 2.75) is 25.3 Å². The van der Waals surface area contributed by atoms with Crippen LogP contribution in [-0.2, 0) is 7.05 Å². The van der Waals surface area contributed by atoms with Crippen molar-refractivity contribution in [2.24, 2.45) is 7.05 Å². The van der Waals surface area contributed by atoms with E-state index in [1.54, 1.807) is 23.3 Å². The minimum atomic E-state index is 0.0148. The van der Waals surface area contributed by atoms with Crippen molar-refractivity contribution in [3.8, 4) is 0 Å². The lowest BCUT2D eigenvalue weighted by atomic mass is 9.98. The van der Waals surface area contributed by atoms with E-state index in [4.69, 9.17) is 0 Å². The Hall–Kier alpha value is -2.76. The molecule has 1 aliphatic rings. The number of piperidine rings is 1. The highest BCUT2D eigenvalue weighted by Gasteiger charge is 2.29. The summed E-state index contributed by atoms with van der Waals surface area (Å²) in [5.41, 5.74) is 3.23. The van der Waals surface area contributed by atoms with E-state index in [-0.39, 0.29) is 11.9 Å². The Kier molecular flexibility index (Phi) is 3.72. The largest absolute Gasteiger partial charge is 0.330 e. The zero-order valence-corrected chi connectivity index (χ0v) is 13.6. The molecule has 1 saturated heterocycles. The van der Waals surface area contributed by atoms with Gasteiger partial charge in [-0.1, -0.05) is 6.07 Å². The Bertz CT molecular complexity index is 874. The zero-order valence-electron chi connectivity index (χ0n) is 13.6. The molecular formula is C18H19N5O. The number of aromatic nitrogens is 4. The minimum Gasteiger partial charge on any atom is -0.330 e. The average Bonchev–Trinajstić information content (AvgIpc) is 3.02. The Morgan fingerprint density at radius 1 is 1.21 bits per heavy atom. The predicted molar refractivity (Wildman–Crippen MR) is 90.4 cm³/mol. The number of likely N-dealkylation sites (tertiary alicyclic amines) is 1. The van der Waals surface area contributed by atoms with Crippen LogP contribution in [0.15, 0.2) is 42.9 Å². The molecule has 1 fully saturated rings. The van der Waals surface area contributed by atoms with Gasteiger partial charge in [0.1, 0.15) is 5.52 Å². The lowest BCUT2D eigenvalue weighted by Crippen LogP contribution is -2.38. The summed E-state index contributed by atoms with van der Waals surface area (Å²) in [5.74, 6) is 0.0148. The molecule has 0 bridgehead atoms. The fraction of sp³-hybridized carbons (Fsp3) is 0.333. The molecule has 6 nitrogen and oxygen atoms in total. The molecule has 0 radical (unpaired) electrons. The molecule has 122 valence electrons. The number of carbonyl (C=O) groups is 1. The van der Waals surface area contributed by atoms with Crippen LogP contribution in [0.4, 0.5) is 0 Å². The predicted octanol–water partition coefficient (Wildman–Crippen LogP) is 2.73. The van der Waals surface area contributed by atoms with E-state index in [0.29, 0.717) is 5.56 Å². The molecule has 24 heavy (non-hydrogen) atoms. The van der Waals surface area contributed by atoms with Crippen molar-refractivity contribution >= 4 is 16.9 Å². The molecule has 0 N–H and O–H groups in total. The van der Waals surface area contributed by atoms with Crippen LogP contribution in [0.1, 0.15) is 41.4 Å². The molecule has 0 spiro atoms. The van der Waals surface area contributed by atoms with Crippen LogP contribution < -0.4 is 0 Å². The molecule has 0 aliphatic carbocycles. The van der Waals surface area contributed by atoms with Gasteiger partial charge in [-0.15, -0.1) is 0 Å². The first-order valence-electron chi connectivity index (χ1n) is 8.24. The number of rotatable bonds is 2. The van der Waals surface area contributed by atoms with E-state index in [1.165, 1.54) is 0 Å². The normalized spacial score (nSPS) is 18.0. The van der Waals surface area contributed by atoms with Crippen molar-refractivity contribution in [1.82, 2.24) is 24.6 Å². The molecule has 1 atom stereocenters. The van der Waals surface area contributed by atoms with Gasteiger partial charge < -0.3 is 4.90 Å². The van der Waals surface area contributed by atoms with E-state index in [1.807, 2.05) is 36.2 Å². The lowest BCUT2D eigenvalue weighted by Gasteiger charge is -2.35. The third-order valence-electron chi connectivity index (χ3n) is 4.64. The van der Waals surface area contributed by atoms with Gasteiger partial charge in [0.25, 0.3) is 5.91 Å². The minimum absolute atomic E-state index is 0.0148. The van der Waals surface area contributed by atoms with Gasteiger partial charge >= 0.3 is 0 Å². The highest BCUT2D eigenvalue weighted by atomic mass is 16.2. The summed E-state index contributed by atoms with van der Waals surface area (Å²) in [5, 5.41) is 4.19. The maximum atomic E-state index is 13.1. The molecule has 1 unspecified atom stereocenters. The summed E-state index contributed by atoms with van der Waals surface area (Å²) in [6.07, 6.45) is 8.23. The lowest BCUT2D eigenvalue weighted by molar-refractivity contribution is 0.0606. The number of nitrogens with zero attached hydrogens (tertiary/aromatic N) is 5. The third-order valence-corrected chi connectivity index (χ3v) is 4.64. The smallest absolute Gasteiger partial charge is 0.256 e. The van der Waals surface area contributed by atoms with Gasteiger partial charge in [0.05, 0.1) is 29.0 Å². The average molecular weight is 321 g/mol. The van der Waals surface area contributed by atoms with E-state index in [0.717, 1.165) is 42.5 Å². The number of hydrogen-bond acceptors (Lipinski definition) is 4. The molecule has 1 aliphatic heterocycles. The Morgan fingerprint density at radius 2 is 2.12 bits per heavy atom. The van der Waals surface area contributed by atoms with E-state index in [2.05, 4.69) is 15.1 Å². The summed E-state index contributed by atoms with van der Waals surface area (Å²) >= 11 is 0. The van der Waals surface area contributed by atoms with Crippen molar-refractivity contribution < 1.29 is 4.79 Å². The number of amides is 1. The first-order chi connectivity index (χ1) is 11.7. The second kappa shape index (κ2) is 6.03. The van der Waals surface area contributed by atoms with Gasteiger partial charge in [-0.05, 0) is 37.5 Å². The Balaban J connectivity index is 1.68. The molecule has 1 amide bonds. The fourth-order valence-electron chi connectivity index (χ4n) is 3.36. The molecule has 6 heteroatoms. The maximum Gasteiger partial charge on any atom is 0.256 e. The molecule has 3 aromatic heterocycles. The number of fused-ring (bicyclic) bond motifs is 1. The monoisotopic (exact) mass is 321 g/mol. The van der Waals surface area contributed by atoms with Crippen molar-refractivity contribution in [3.05, 3.63) is 54.1 Å². The van der Waals surface area contributed by atoms with E-state index >= 15 is 0 Å². The van der Waals surface area contributed by atoms with Gasteiger partial charge in [-0.3, -0.25) is 19.4 Å². The molecular weight excluding hydrogens is 302 g/mol. The second-order valence-corrected chi connectivity index (χ2v) is 6.16. The Morgan fingerprint density at radius 3 is 2.96 bits per heavy atom. The summed E-state index contributed by atoms with van der Waals surface area (Å²) < 4.78 is 1.74. The highest BCUT2D eigenvalue weighted by Crippen LogP contribution is 2.31. The second-order valence-electron chi connectivity index (χ2n) is 6.16. The van der Waals surface area contributed by atoms with E-state index < -0.39 is 0 Å². The van der Waals surface area contributed by atoms with Gasteiger partial charge in [-0.25, -0.2) is 0 Å². The molecule has 3 aromatic rings. The zero-order chi connectivity index (χ0) is 16.5. The van der Waals surface area contributed by atoms with Crippen LogP contribution in [0.2, 0.25) is 0 Å². The molecule has 0 aromatic carbocycles. The number of hydrogen-bond donors (Lipinski definition) is 0. The standard InChI is InChI=1S/C18H19N5O/c1-22-17-10-13(11-20-15(17)12-21-22)18(24)23-9-5-3-7-16(23)14-6-2-4-8-19-14/h2,4,6,8,10-12,16H,3,5,7,9H2,1H3. The number of aryl methyl sites for hydroxylation is 1. The summed E-state index contributed by atoms with van der Waals surface area (Å²) in [7, 11) is 1.86.